The molecule has 5 aliphatic rings. The standard InChI is InChI=1S/C30H50O4/c1-25(2)20-10-15-28(6)21(27(20,5)13-11-22(25)32)17-19(31)24-18(9-14-29(24,28)7)30(8)16-12-23(34-30)26(3,4)33/h18-21,23-24,31,33H,9-17H2,1-8H3/t18-,19+,20-,21+,23+,24+,27-,28+,29-,30-/m0/s1. The lowest BCUT2D eigenvalue weighted by atomic mass is 9.35. The van der Waals surface area contributed by atoms with Gasteiger partial charge in [-0.2, -0.15) is 0 Å². The molecule has 0 bridgehead atoms. The first-order valence-electron chi connectivity index (χ1n) is 14.1. The number of rotatable bonds is 2. The molecule has 4 nitrogen and oxygen atoms in total. The van der Waals surface area contributed by atoms with Gasteiger partial charge in [-0.25, -0.2) is 0 Å². The molecule has 4 saturated carbocycles. The Hall–Kier alpha value is -0.450. The van der Waals surface area contributed by atoms with Crippen molar-refractivity contribution in [1.82, 2.24) is 0 Å². The van der Waals surface area contributed by atoms with Gasteiger partial charge < -0.3 is 14.9 Å². The molecule has 4 heteroatoms. The van der Waals surface area contributed by atoms with Crippen LogP contribution in [0.3, 0.4) is 0 Å². The van der Waals surface area contributed by atoms with Crippen LogP contribution in [0.4, 0.5) is 0 Å². The molecule has 34 heavy (non-hydrogen) atoms. The van der Waals surface area contributed by atoms with Gasteiger partial charge in [0.25, 0.3) is 0 Å². The predicted molar refractivity (Wildman–Crippen MR) is 134 cm³/mol. The lowest BCUT2D eigenvalue weighted by molar-refractivity contribution is -0.235. The molecule has 5 fully saturated rings. The summed E-state index contributed by atoms with van der Waals surface area (Å²) in [5.74, 6) is 1.85. The van der Waals surface area contributed by atoms with E-state index >= 15 is 0 Å². The summed E-state index contributed by atoms with van der Waals surface area (Å²) in [7, 11) is 0. The van der Waals surface area contributed by atoms with E-state index in [-0.39, 0.29) is 45.4 Å². The van der Waals surface area contributed by atoms with Gasteiger partial charge in [0.2, 0.25) is 0 Å². The molecule has 0 spiro atoms. The number of aliphatic hydroxyl groups is 2. The SMILES string of the molecule is CC(C)(O)[C@H]1CC[C@@](C)([C@H]2CC[C@@]3(C)[C@H]2[C@H](O)C[C@@H]2[C@@]4(C)CCC(=O)C(C)(C)[C@@H]4CC[C@]23C)O1. The third-order valence-electron chi connectivity index (χ3n) is 13.0. The summed E-state index contributed by atoms with van der Waals surface area (Å²) in [5, 5.41) is 22.5. The van der Waals surface area contributed by atoms with E-state index in [1.165, 1.54) is 0 Å². The van der Waals surface area contributed by atoms with E-state index in [9.17, 15) is 15.0 Å². The molecule has 194 valence electrons. The van der Waals surface area contributed by atoms with Crippen LogP contribution in [0.15, 0.2) is 0 Å². The Bertz CT molecular complexity index is 858. The highest BCUT2D eigenvalue weighted by molar-refractivity contribution is 5.85. The number of ketones is 1. The van der Waals surface area contributed by atoms with Gasteiger partial charge in [-0.1, -0.05) is 34.6 Å². The number of Topliss-reactive ketones (excluding diaryl/α,β-unsaturated/α-hetero) is 1. The van der Waals surface area contributed by atoms with Crippen LogP contribution in [0, 0.1) is 45.3 Å². The highest BCUT2D eigenvalue weighted by Gasteiger charge is 2.71. The van der Waals surface area contributed by atoms with Crippen molar-refractivity contribution in [1.29, 1.82) is 0 Å². The van der Waals surface area contributed by atoms with E-state index in [1.807, 2.05) is 13.8 Å². The summed E-state index contributed by atoms with van der Waals surface area (Å²) in [5.41, 5.74) is -1.03. The topological polar surface area (TPSA) is 66.8 Å². The Morgan fingerprint density at radius 2 is 1.53 bits per heavy atom. The van der Waals surface area contributed by atoms with Crippen molar-refractivity contribution in [2.24, 2.45) is 45.3 Å². The Balaban J connectivity index is 1.49. The van der Waals surface area contributed by atoms with Crippen LogP contribution in [0.1, 0.15) is 113 Å². The molecule has 10 atom stereocenters. The molecule has 2 N–H and O–H groups in total. The number of carbonyl (C=O) groups is 1. The molecule has 0 unspecified atom stereocenters. The summed E-state index contributed by atoms with van der Waals surface area (Å²) in [4.78, 5) is 12.9. The molecule has 1 aliphatic heterocycles. The fourth-order valence-corrected chi connectivity index (χ4v) is 10.9. The van der Waals surface area contributed by atoms with Crippen molar-refractivity contribution in [3.63, 3.8) is 0 Å². The first-order chi connectivity index (χ1) is 15.5. The van der Waals surface area contributed by atoms with Crippen LogP contribution >= 0.6 is 0 Å². The molecule has 1 saturated heterocycles. The van der Waals surface area contributed by atoms with Gasteiger partial charge >= 0.3 is 0 Å². The number of carbonyl (C=O) groups excluding carboxylic acids is 1. The second-order valence-corrected chi connectivity index (χ2v) is 15.2. The molecule has 0 amide bonds. The van der Waals surface area contributed by atoms with Crippen molar-refractivity contribution < 1.29 is 19.7 Å². The van der Waals surface area contributed by atoms with Crippen molar-refractivity contribution >= 4 is 5.78 Å². The highest BCUT2D eigenvalue weighted by Crippen LogP contribution is 2.75. The molecular formula is C30H50O4. The maximum Gasteiger partial charge on any atom is 0.138 e. The normalized spacial score (nSPS) is 54.9. The third-order valence-corrected chi connectivity index (χ3v) is 13.0. The van der Waals surface area contributed by atoms with Gasteiger partial charge in [-0.3, -0.25) is 4.79 Å². The van der Waals surface area contributed by atoms with E-state index in [4.69, 9.17) is 4.74 Å². The molecule has 4 aliphatic carbocycles. The number of ether oxygens (including phenoxy) is 1. The van der Waals surface area contributed by atoms with Gasteiger partial charge in [0, 0.05) is 11.8 Å². The summed E-state index contributed by atoms with van der Waals surface area (Å²) >= 11 is 0. The largest absolute Gasteiger partial charge is 0.393 e. The van der Waals surface area contributed by atoms with E-state index in [1.54, 1.807) is 0 Å². The fraction of sp³-hybridized carbons (Fsp3) is 0.967. The van der Waals surface area contributed by atoms with Gasteiger partial charge in [0.05, 0.1) is 23.4 Å². The molecule has 5 rings (SSSR count). The van der Waals surface area contributed by atoms with E-state index < -0.39 is 5.60 Å². The van der Waals surface area contributed by atoms with Gasteiger partial charge in [-0.15, -0.1) is 0 Å². The summed E-state index contributed by atoms with van der Waals surface area (Å²) < 4.78 is 6.65. The minimum absolute atomic E-state index is 0.0682. The van der Waals surface area contributed by atoms with Crippen LogP contribution in [0.25, 0.3) is 0 Å². The number of hydrogen-bond donors (Lipinski definition) is 2. The molecule has 0 radical (unpaired) electrons. The Morgan fingerprint density at radius 3 is 2.15 bits per heavy atom. The van der Waals surface area contributed by atoms with E-state index in [0.29, 0.717) is 30.0 Å². The molecular weight excluding hydrogens is 424 g/mol. The third kappa shape index (κ3) is 3.09. The van der Waals surface area contributed by atoms with Crippen LogP contribution in [-0.4, -0.2) is 39.4 Å². The molecule has 0 aromatic rings. The zero-order valence-electron chi connectivity index (χ0n) is 23.0. The number of aliphatic hydroxyl groups excluding tert-OH is 1. The van der Waals surface area contributed by atoms with Gasteiger partial charge in [0.15, 0.2) is 0 Å². The average Bonchev–Trinajstić information content (AvgIpc) is 3.30. The number of fused-ring (bicyclic) bond motifs is 5. The summed E-state index contributed by atoms with van der Waals surface area (Å²) in [6.07, 6.45) is 8.43. The average molecular weight is 475 g/mol. The van der Waals surface area contributed by atoms with Gasteiger partial charge in [-0.05, 0) is 112 Å². The number of hydrogen-bond acceptors (Lipinski definition) is 4. The van der Waals surface area contributed by atoms with Crippen LogP contribution < -0.4 is 0 Å². The molecule has 0 aromatic heterocycles. The maximum atomic E-state index is 12.9. The van der Waals surface area contributed by atoms with Crippen LogP contribution in [0.2, 0.25) is 0 Å². The minimum atomic E-state index is -0.833. The Morgan fingerprint density at radius 1 is 0.882 bits per heavy atom. The van der Waals surface area contributed by atoms with Gasteiger partial charge in [0.1, 0.15) is 5.78 Å². The first kappa shape index (κ1) is 25.2. The summed E-state index contributed by atoms with van der Waals surface area (Å²) in [6, 6.07) is 0. The zero-order chi connectivity index (χ0) is 25.1. The lowest BCUT2D eigenvalue weighted by Gasteiger charge is -2.69. The van der Waals surface area contributed by atoms with E-state index in [0.717, 1.165) is 51.4 Å². The first-order valence-corrected chi connectivity index (χ1v) is 14.1. The Kier molecular flexibility index (Phi) is 5.42. The molecule has 1 heterocycles. The van der Waals surface area contributed by atoms with Crippen LogP contribution in [-0.2, 0) is 9.53 Å². The van der Waals surface area contributed by atoms with Crippen molar-refractivity contribution in [3.8, 4) is 0 Å². The second-order valence-electron chi connectivity index (χ2n) is 15.2. The smallest absolute Gasteiger partial charge is 0.138 e. The highest BCUT2D eigenvalue weighted by atomic mass is 16.5. The Labute approximate surface area is 207 Å². The van der Waals surface area contributed by atoms with Crippen LogP contribution in [0.5, 0.6) is 0 Å². The monoisotopic (exact) mass is 474 g/mol. The molecule has 0 aromatic carbocycles. The zero-order valence-corrected chi connectivity index (χ0v) is 23.0. The van der Waals surface area contributed by atoms with Crippen molar-refractivity contribution in [2.45, 2.75) is 137 Å². The quantitative estimate of drug-likeness (QED) is 0.521. The fourth-order valence-electron chi connectivity index (χ4n) is 10.9. The van der Waals surface area contributed by atoms with Crippen molar-refractivity contribution in [3.05, 3.63) is 0 Å². The van der Waals surface area contributed by atoms with E-state index in [2.05, 4.69) is 41.5 Å². The maximum absolute atomic E-state index is 12.9. The summed E-state index contributed by atoms with van der Waals surface area (Å²) in [6.45, 7) is 17.8. The van der Waals surface area contributed by atoms with Crippen molar-refractivity contribution in [2.75, 3.05) is 0 Å². The predicted octanol–water partition coefficient (Wildman–Crippen LogP) is 5.92. The second kappa shape index (κ2) is 7.32. The lowest BCUT2D eigenvalue weighted by Crippen LogP contribution is -2.66. The minimum Gasteiger partial charge on any atom is -0.393 e.